The zero-order chi connectivity index (χ0) is 11.9. The van der Waals surface area contributed by atoms with Crippen molar-refractivity contribution < 1.29 is 9.59 Å². The molecule has 0 aliphatic carbocycles. The van der Waals surface area contributed by atoms with Gasteiger partial charge in [0.05, 0.1) is 0 Å². The Morgan fingerprint density at radius 1 is 1.25 bits per heavy atom. The molecular formula is C11H11BrN2O2. The molecule has 1 atom stereocenters. The second kappa shape index (κ2) is 3.90. The molecule has 1 heterocycles. The van der Waals surface area contributed by atoms with Gasteiger partial charge in [-0.1, -0.05) is 28.1 Å². The minimum atomic E-state index is -0.505. The predicted octanol–water partition coefficient (Wildman–Crippen LogP) is 2.01. The summed E-state index contributed by atoms with van der Waals surface area (Å²) in [6.07, 6.45) is 0. The highest BCUT2D eigenvalue weighted by molar-refractivity contribution is 9.10. The Balaban J connectivity index is 2.42. The number of benzene rings is 1. The van der Waals surface area contributed by atoms with Crippen LogP contribution in [0.2, 0.25) is 0 Å². The summed E-state index contributed by atoms with van der Waals surface area (Å²) in [6.45, 7) is 0. The number of urea groups is 1. The van der Waals surface area contributed by atoms with E-state index in [9.17, 15) is 9.59 Å². The average Bonchev–Trinajstić information content (AvgIpc) is 2.44. The van der Waals surface area contributed by atoms with Gasteiger partial charge in [0.25, 0.3) is 5.91 Å². The molecule has 1 aliphatic rings. The summed E-state index contributed by atoms with van der Waals surface area (Å²) in [7, 11) is 3.13. The SMILES string of the molecule is CN1C(=O)C(c2cccc(Br)c2)N(C)C1=O. The van der Waals surface area contributed by atoms with E-state index >= 15 is 0 Å². The smallest absolute Gasteiger partial charge is 0.311 e. The van der Waals surface area contributed by atoms with E-state index in [-0.39, 0.29) is 11.9 Å². The summed E-state index contributed by atoms with van der Waals surface area (Å²) >= 11 is 3.35. The summed E-state index contributed by atoms with van der Waals surface area (Å²) in [5, 5.41) is 0. The molecule has 2 rings (SSSR count). The highest BCUT2D eigenvalue weighted by Gasteiger charge is 2.41. The fourth-order valence-electron chi connectivity index (χ4n) is 1.83. The third-order valence-electron chi connectivity index (χ3n) is 2.70. The zero-order valence-electron chi connectivity index (χ0n) is 8.98. The molecule has 0 spiro atoms. The molecule has 0 saturated carbocycles. The van der Waals surface area contributed by atoms with Gasteiger partial charge in [0.1, 0.15) is 6.04 Å². The standard InChI is InChI=1S/C11H11BrN2O2/c1-13-9(10(15)14(2)11(13)16)7-4-3-5-8(12)6-7/h3-6,9H,1-2H3. The van der Waals surface area contributed by atoms with Crippen molar-refractivity contribution in [2.75, 3.05) is 14.1 Å². The van der Waals surface area contributed by atoms with E-state index in [2.05, 4.69) is 15.9 Å². The monoisotopic (exact) mass is 282 g/mol. The van der Waals surface area contributed by atoms with Gasteiger partial charge in [-0.2, -0.15) is 0 Å². The van der Waals surface area contributed by atoms with Crippen LogP contribution < -0.4 is 0 Å². The van der Waals surface area contributed by atoms with Crippen molar-refractivity contribution in [3.05, 3.63) is 34.3 Å². The van der Waals surface area contributed by atoms with Gasteiger partial charge < -0.3 is 4.90 Å². The average molecular weight is 283 g/mol. The van der Waals surface area contributed by atoms with Gasteiger partial charge in [-0.05, 0) is 17.7 Å². The van der Waals surface area contributed by atoms with Crippen LogP contribution in [0.3, 0.4) is 0 Å². The summed E-state index contributed by atoms with van der Waals surface area (Å²) in [6, 6.07) is 6.66. The third-order valence-corrected chi connectivity index (χ3v) is 3.20. The van der Waals surface area contributed by atoms with Crippen molar-refractivity contribution in [1.29, 1.82) is 0 Å². The van der Waals surface area contributed by atoms with Crippen LogP contribution in [-0.4, -0.2) is 35.8 Å². The molecule has 0 bridgehead atoms. The number of hydrogen-bond donors (Lipinski definition) is 0. The maximum absolute atomic E-state index is 11.9. The lowest BCUT2D eigenvalue weighted by molar-refractivity contribution is -0.127. The topological polar surface area (TPSA) is 40.6 Å². The Morgan fingerprint density at radius 3 is 2.44 bits per heavy atom. The summed E-state index contributed by atoms with van der Waals surface area (Å²) in [5.74, 6) is -0.189. The van der Waals surface area contributed by atoms with E-state index in [0.29, 0.717) is 0 Å². The number of halogens is 1. The lowest BCUT2D eigenvalue weighted by Crippen LogP contribution is -2.27. The molecule has 1 aromatic rings. The normalized spacial score (nSPS) is 20.8. The fraction of sp³-hybridized carbons (Fsp3) is 0.273. The maximum atomic E-state index is 11.9. The number of likely N-dealkylation sites (N-methyl/N-ethyl adjacent to an activating group) is 2. The number of carbonyl (C=O) groups is 2. The predicted molar refractivity (Wildman–Crippen MR) is 62.8 cm³/mol. The van der Waals surface area contributed by atoms with Crippen molar-refractivity contribution in [3.8, 4) is 0 Å². The molecule has 16 heavy (non-hydrogen) atoms. The molecule has 1 unspecified atom stereocenters. The van der Waals surface area contributed by atoms with Gasteiger partial charge in [-0.15, -0.1) is 0 Å². The van der Waals surface area contributed by atoms with E-state index in [0.717, 1.165) is 14.9 Å². The molecule has 84 valence electrons. The summed E-state index contributed by atoms with van der Waals surface area (Å²) in [5.41, 5.74) is 0.819. The zero-order valence-corrected chi connectivity index (χ0v) is 10.6. The van der Waals surface area contributed by atoms with E-state index in [4.69, 9.17) is 0 Å². The van der Waals surface area contributed by atoms with E-state index < -0.39 is 6.04 Å². The molecule has 1 aliphatic heterocycles. The van der Waals surface area contributed by atoms with E-state index in [1.54, 1.807) is 7.05 Å². The summed E-state index contributed by atoms with van der Waals surface area (Å²) < 4.78 is 0.896. The first kappa shape index (κ1) is 11.1. The fourth-order valence-corrected chi connectivity index (χ4v) is 2.25. The molecule has 3 amide bonds. The molecular weight excluding hydrogens is 272 g/mol. The lowest BCUT2D eigenvalue weighted by Gasteiger charge is -2.16. The highest BCUT2D eigenvalue weighted by Crippen LogP contribution is 2.29. The number of nitrogens with zero attached hydrogens (tertiary/aromatic N) is 2. The Bertz CT molecular complexity index is 461. The minimum absolute atomic E-state index is 0.189. The van der Waals surface area contributed by atoms with Gasteiger partial charge in [-0.3, -0.25) is 9.69 Å². The number of imide groups is 1. The van der Waals surface area contributed by atoms with Crippen LogP contribution in [0, 0.1) is 0 Å². The van der Waals surface area contributed by atoms with Crippen molar-refractivity contribution in [2.45, 2.75) is 6.04 Å². The van der Waals surface area contributed by atoms with Crippen LogP contribution in [0.1, 0.15) is 11.6 Å². The molecule has 0 N–H and O–H groups in total. The second-order valence-corrected chi connectivity index (χ2v) is 4.66. The lowest BCUT2D eigenvalue weighted by atomic mass is 10.1. The van der Waals surface area contributed by atoms with Gasteiger partial charge in [0, 0.05) is 18.6 Å². The number of carbonyl (C=O) groups excluding carboxylic acids is 2. The van der Waals surface area contributed by atoms with Crippen molar-refractivity contribution in [3.63, 3.8) is 0 Å². The molecule has 4 nitrogen and oxygen atoms in total. The first-order chi connectivity index (χ1) is 7.52. The Kier molecular flexibility index (Phi) is 2.71. The van der Waals surface area contributed by atoms with Crippen molar-refractivity contribution >= 4 is 27.9 Å². The van der Waals surface area contributed by atoms with Crippen molar-refractivity contribution in [1.82, 2.24) is 9.80 Å². The third kappa shape index (κ3) is 1.61. The molecule has 1 saturated heterocycles. The van der Waals surface area contributed by atoms with Gasteiger partial charge in [0.15, 0.2) is 0 Å². The highest BCUT2D eigenvalue weighted by atomic mass is 79.9. The Morgan fingerprint density at radius 2 is 1.94 bits per heavy atom. The number of hydrogen-bond acceptors (Lipinski definition) is 2. The molecule has 1 fully saturated rings. The Hall–Kier alpha value is -1.36. The molecule has 1 aromatic carbocycles. The van der Waals surface area contributed by atoms with Crippen LogP contribution in [0.5, 0.6) is 0 Å². The van der Waals surface area contributed by atoms with Crippen molar-refractivity contribution in [2.24, 2.45) is 0 Å². The number of amides is 3. The number of rotatable bonds is 1. The largest absolute Gasteiger partial charge is 0.327 e. The molecule has 0 radical (unpaired) electrons. The first-order valence-electron chi connectivity index (χ1n) is 4.82. The molecule has 0 aromatic heterocycles. The van der Waals surface area contributed by atoms with Crippen LogP contribution in [0.4, 0.5) is 4.79 Å². The van der Waals surface area contributed by atoms with Crippen LogP contribution in [0.25, 0.3) is 0 Å². The van der Waals surface area contributed by atoms with Crippen LogP contribution in [0.15, 0.2) is 28.7 Å². The maximum Gasteiger partial charge on any atom is 0.327 e. The minimum Gasteiger partial charge on any atom is -0.311 e. The quantitative estimate of drug-likeness (QED) is 0.740. The summed E-state index contributed by atoms with van der Waals surface area (Å²) in [4.78, 5) is 26.1. The van der Waals surface area contributed by atoms with E-state index in [1.807, 2.05) is 24.3 Å². The molecule has 5 heteroatoms. The van der Waals surface area contributed by atoms with Gasteiger partial charge >= 0.3 is 6.03 Å². The Labute approximate surface area is 102 Å². The first-order valence-corrected chi connectivity index (χ1v) is 5.61. The van der Waals surface area contributed by atoms with Gasteiger partial charge in [-0.25, -0.2) is 4.79 Å². The second-order valence-electron chi connectivity index (χ2n) is 3.75. The van der Waals surface area contributed by atoms with Crippen LogP contribution >= 0.6 is 15.9 Å². The van der Waals surface area contributed by atoms with E-state index in [1.165, 1.54) is 11.9 Å². The van der Waals surface area contributed by atoms with Crippen LogP contribution in [-0.2, 0) is 4.79 Å². The van der Waals surface area contributed by atoms with Gasteiger partial charge in [0.2, 0.25) is 0 Å².